The highest BCUT2D eigenvalue weighted by atomic mass is 19.4. The van der Waals surface area contributed by atoms with Crippen molar-refractivity contribution in [3.8, 4) is 11.3 Å². The van der Waals surface area contributed by atoms with Crippen molar-refractivity contribution in [2.45, 2.75) is 59.9 Å². The van der Waals surface area contributed by atoms with Gasteiger partial charge >= 0.3 is 12.3 Å². The van der Waals surface area contributed by atoms with E-state index in [1.165, 1.54) is 16.8 Å². The Balaban J connectivity index is 1.96. The summed E-state index contributed by atoms with van der Waals surface area (Å²) in [5, 5.41) is 4.52. The summed E-state index contributed by atoms with van der Waals surface area (Å²) in [4.78, 5) is 29.4. The van der Waals surface area contributed by atoms with Gasteiger partial charge in [0.1, 0.15) is 11.3 Å². The van der Waals surface area contributed by atoms with E-state index in [4.69, 9.17) is 4.74 Å². The van der Waals surface area contributed by atoms with Gasteiger partial charge in [0.25, 0.3) is 5.56 Å². The fourth-order valence-corrected chi connectivity index (χ4v) is 4.01. The number of carbonyl (C=O) groups excluding carboxylic acids is 1. The summed E-state index contributed by atoms with van der Waals surface area (Å²) in [6.45, 7) is 13.1. The van der Waals surface area contributed by atoms with Gasteiger partial charge in [0.05, 0.1) is 11.3 Å². The molecule has 1 saturated heterocycles. The minimum atomic E-state index is -4.43. The van der Waals surface area contributed by atoms with E-state index >= 15 is 0 Å². The standard InChI is InChI=1S/C25H33F3N4O3/c1-16(2)15-32-22(33)21(30-11-13-31(14-12-30)23(34)35-24(4,5)6)17(3)20(29-32)18-7-9-19(10-8-18)25(26,27)28/h7-10,16H,11-15H2,1-6H3. The lowest BCUT2D eigenvalue weighted by Crippen LogP contribution is -2.51. The highest BCUT2D eigenvalue weighted by Crippen LogP contribution is 2.32. The predicted molar refractivity (Wildman–Crippen MR) is 129 cm³/mol. The summed E-state index contributed by atoms with van der Waals surface area (Å²) in [6, 6.07) is 4.81. The molecule has 2 aromatic rings. The van der Waals surface area contributed by atoms with Crippen LogP contribution in [0.25, 0.3) is 11.3 Å². The molecule has 7 nitrogen and oxygen atoms in total. The Kier molecular flexibility index (Phi) is 7.52. The summed E-state index contributed by atoms with van der Waals surface area (Å²) in [5.41, 5.74) is 0.423. The highest BCUT2D eigenvalue weighted by molar-refractivity contribution is 5.71. The number of piperazine rings is 1. The first kappa shape index (κ1) is 26.6. The van der Waals surface area contributed by atoms with Gasteiger partial charge in [-0.1, -0.05) is 26.0 Å². The molecule has 0 unspecified atom stereocenters. The lowest BCUT2D eigenvalue weighted by Gasteiger charge is -2.37. The number of nitrogens with zero attached hydrogens (tertiary/aromatic N) is 4. The van der Waals surface area contributed by atoms with Crippen molar-refractivity contribution >= 4 is 11.8 Å². The maximum absolute atomic E-state index is 13.4. The normalized spacial score (nSPS) is 15.0. The summed E-state index contributed by atoms with van der Waals surface area (Å²) in [6.07, 6.45) is -4.83. The van der Waals surface area contributed by atoms with Crippen LogP contribution in [0, 0.1) is 12.8 Å². The summed E-state index contributed by atoms with van der Waals surface area (Å²) >= 11 is 0. The largest absolute Gasteiger partial charge is 0.444 e. The number of aromatic nitrogens is 2. The third kappa shape index (κ3) is 6.35. The van der Waals surface area contributed by atoms with Crippen molar-refractivity contribution in [3.63, 3.8) is 0 Å². The van der Waals surface area contributed by atoms with Crippen LogP contribution in [0.15, 0.2) is 29.1 Å². The first-order chi connectivity index (χ1) is 16.2. The zero-order chi connectivity index (χ0) is 26.1. The topological polar surface area (TPSA) is 67.7 Å². The second-order valence-corrected chi connectivity index (χ2v) is 10.2. The van der Waals surface area contributed by atoms with Crippen molar-refractivity contribution in [3.05, 3.63) is 45.7 Å². The van der Waals surface area contributed by atoms with E-state index in [0.717, 1.165) is 12.1 Å². The van der Waals surface area contributed by atoms with Crippen molar-refractivity contribution < 1.29 is 22.7 Å². The third-order valence-electron chi connectivity index (χ3n) is 5.64. The average molecular weight is 495 g/mol. The van der Waals surface area contributed by atoms with Crippen LogP contribution in [0.4, 0.5) is 23.7 Å². The van der Waals surface area contributed by atoms with E-state index in [2.05, 4.69) is 5.10 Å². The van der Waals surface area contributed by atoms with Crippen LogP contribution in [0.1, 0.15) is 45.7 Å². The Morgan fingerprint density at radius 3 is 2.11 bits per heavy atom. The zero-order valence-corrected chi connectivity index (χ0v) is 21.1. The van der Waals surface area contributed by atoms with Gasteiger partial charge in [-0.25, -0.2) is 9.48 Å². The van der Waals surface area contributed by atoms with Crippen molar-refractivity contribution in [1.82, 2.24) is 14.7 Å². The molecule has 1 aromatic heterocycles. The second-order valence-electron chi connectivity index (χ2n) is 10.2. The SMILES string of the molecule is Cc1c(-c2ccc(C(F)(F)F)cc2)nn(CC(C)C)c(=O)c1N1CCN(C(=O)OC(C)(C)C)CC1. The molecule has 0 radical (unpaired) electrons. The van der Waals surface area contributed by atoms with Gasteiger partial charge in [-0.05, 0) is 45.7 Å². The molecule has 1 aliphatic heterocycles. The van der Waals surface area contributed by atoms with Crippen molar-refractivity contribution in [1.29, 1.82) is 0 Å². The van der Waals surface area contributed by atoms with E-state index in [1.54, 1.807) is 32.6 Å². The molecular formula is C25H33F3N4O3. The van der Waals surface area contributed by atoms with Gasteiger partial charge in [0, 0.05) is 43.9 Å². The van der Waals surface area contributed by atoms with E-state index < -0.39 is 23.4 Å². The molecule has 1 amide bonds. The maximum Gasteiger partial charge on any atom is 0.416 e. The Bertz CT molecular complexity index is 1110. The van der Waals surface area contributed by atoms with E-state index in [0.29, 0.717) is 55.2 Å². The van der Waals surface area contributed by atoms with Gasteiger partial charge in [-0.15, -0.1) is 0 Å². The summed E-state index contributed by atoms with van der Waals surface area (Å²) in [5.74, 6) is 0.139. The molecule has 35 heavy (non-hydrogen) atoms. The highest BCUT2D eigenvalue weighted by Gasteiger charge is 2.31. The first-order valence-electron chi connectivity index (χ1n) is 11.7. The molecule has 0 bridgehead atoms. The van der Waals surface area contributed by atoms with Crippen molar-refractivity contribution in [2.24, 2.45) is 5.92 Å². The number of halogens is 3. The molecule has 1 aliphatic rings. The molecule has 0 N–H and O–H groups in total. The summed E-state index contributed by atoms with van der Waals surface area (Å²) in [7, 11) is 0. The van der Waals surface area contributed by atoms with Crippen LogP contribution in [0.3, 0.4) is 0 Å². The lowest BCUT2D eigenvalue weighted by atomic mass is 10.0. The monoisotopic (exact) mass is 494 g/mol. The second kappa shape index (κ2) is 9.91. The molecule has 0 saturated carbocycles. The Morgan fingerprint density at radius 1 is 1.06 bits per heavy atom. The summed E-state index contributed by atoms with van der Waals surface area (Å²) < 4.78 is 46.0. The molecule has 3 rings (SSSR count). The molecule has 0 aliphatic carbocycles. The first-order valence-corrected chi connectivity index (χ1v) is 11.7. The fraction of sp³-hybridized carbons (Fsp3) is 0.560. The van der Waals surface area contributed by atoms with Gasteiger partial charge in [0.15, 0.2) is 0 Å². The number of ether oxygens (including phenoxy) is 1. The zero-order valence-electron chi connectivity index (χ0n) is 21.1. The van der Waals surface area contributed by atoms with Gasteiger partial charge in [-0.3, -0.25) is 4.79 Å². The van der Waals surface area contributed by atoms with E-state index in [-0.39, 0.29) is 11.5 Å². The van der Waals surface area contributed by atoms with Crippen LogP contribution in [-0.2, 0) is 17.5 Å². The minimum absolute atomic E-state index is 0.139. The number of amides is 1. The van der Waals surface area contributed by atoms with E-state index in [9.17, 15) is 22.8 Å². The van der Waals surface area contributed by atoms with Crippen LogP contribution in [0.2, 0.25) is 0 Å². The number of hydrogen-bond acceptors (Lipinski definition) is 5. The Hall–Kier alpha value is -3.04. The number of benzene rings is 1. The molecular weight excluding hydrogens is 461 g/mol. The van der Waals surface area contributed by atoms with Gasteiger partial charge in [0.2, 0.25) is 0 Å². The quantitative estimate of drug-likeness (QED) is 0.602. The predicted octanol–water partition coefficient (Wildman–Crippen LogP) is 4.95. The third-order valence-corrected chi connectivity index (χ3v) is 5.64. The molecule has 2 heterocycles. The van der Waals surface area contributed by atoms with Gasteiger partial charge in [-0.2, -0.15) is 18.3 Å². The van der Waals surface area contributed by atoms with Crippen LogP contribution in [0.5, 0.6) is 0 Å². The average Bonchev–Trinajstić information content (AvgIpc) is 2.74. The molecule has 1 aromatic carbocycles. The molecule has 192 valence electrons. The van der Waals surface area contributed by atoms with Crippen LogP contribution in [-0.4, -0.2) is 52.6 Å². The number of alkyl halides is 3. The fourth-order valence-electron chi connectivity index (χ4n) is 4.01. The Morgan fingerprint density at radius 2 is 1.63 bits per heavy atom. The van der Waals surface area contributed by atoms with E-state index in [1.807, 2.05) is 18.7 Å². The smallest absolute Gasteiger partial charge is 0.416 e. The number of hydrogen-bond donors (Lipinski definition) is 0. The minimum Gasteiger partial charge on any atom is -0.444 e. The van der Waals surface area contributed by atoms with Gasteiger partial charge < -0.3 is 14.5 Å². The molecule has 0 atom stereocenters. The molecule has 1 fully saturated rings. The van der Waals surface area contributed by atoms with Crippen LogP contribution < -0.4 is 10.5 Å². The Labute approximate surface area is 203 Å². The van der Waals surface area contributed by atoms with Crippen molar-refractivity contribution in [2.75, 3.05) is 31.1 Å². The molecule has 0 spiro atoms. The maximum atomic E-state index is 13.4. The number of rotatable bonds is 4. The lowest BCUT2D eigenvalue weighted by molar-refractivity contribution is -0.137. The number of anilines is 1. The van der Waals surface area contributed by atoms with Crippen LogP contribution >= 0.6 is 0 Å². The number of carbonyl (C=O) groups is 1. The molecule has 10 heteroatoms.